The standard InChI is InChI=1S/C23H24ClN5O5/c1-15-23(29(31)32)16(2)28(27-15)11-10-22(30)26-25-13-17-4-9-21(33-3)18(12-17)14-34-20-7-5-19(24)6-8-20/h4-9,12-13H,10-11,14H2,1-3H3,(H,26,30). The van der Waals surface area contributed by atoms with Crippen molar-refractivity contribution in [2.45, 2.75) is 33.4 Å². The topological polar surface area (TPSA) is 121 Å². The summed E-state index contributed by atoms with van der Waals surface area (Å²) in [5, 5.41) is 19.8. The van der Waals surface area contributed by atoms with E-state index in [1.807, 2.05) is 6.07 Å². The zero-order valence-electron chi connectivity index (χ0n) is 18.9. The summed E-state index contributed by atoms with van der Waals surface area (Å²) in [6.07, 6.45) is 1.58. The molecule has 34 heavy (non-hydrogen) atoms. The average Bonchev–Trinajstić information content (AvgIpc) is 3.10. The van der Waals surface area contributed by atoms with Crippen LogP contribution in [0.15, 0.2) is 47.6 Å². The van der Waals surface area contributed by atoms with E-state index in [-0.39, 0.29) is 31.2 Å². The highest BCUT2D eigenvalue weighted by atomic mass is 35.5. The average molecular weight is 486 g/mol. The Kier molecular flexibility index (Phi) is 8.20. The SMILES string of the molecule is COc1ccc(C=NNC(=O)CCn2nc(C)c([N+](=O)[O-])c2C)cc1COc1ccc(Cl)cc1. The monoisotopic (exact) mass is 485 g/mol. The molecule has 11 heteroatoms. The van der Waals surface area contributed by atoms with Gasteiger partial charge < -0.3 is 9.47 Å². The molecular weight excluding hydrogens is 462 g/mol. The molecule has 0 saturated carbocycles. The van der Waals surface area contributed by atoms with Crippen molar-refractivity contribution in [1.82, 2.24) is 15.2 Å². The summed E-state index contributed by atoms with van der Waals surface area (Å²) in [5.41, 5.74) is 4.69. The summed E-state index contributed by atoms with van der Waals surface area (Å²) >= 11 is 5.90. The highest BCUT2D eigenvalue weighted by molar-refractivity contribution is 6.30. The van der Waals surface area contributed by atoms with E-state index in [4.69, 9.17) is 21.1 Å². The molecule has 0 aliphatic rings. The largest absolute Gasteiger partial charge is 0.496 e. The lowest BCUT2D eigenvalue weighted by molar-refractivity contribution is -0.386. The van der Waals surface area contributed by atoms with Gasteiger partial charge in [0.15, 0.2) is 0 Å². The first-order chi connectivity index (χ1) is 16.3. The molecule has 3 aromatic rings. The fourth-order valence-electron chi connectivity index (χ4n) is 3.30. The van der Waals surface area contributed by atoms with Crippen molar-refractivity contribution in [3.8, 4) is 11.5 Å². The minimum absolute atomic E-state index is 0.0335. The molecule has 0 unspecified atom stereocenters. The lowest BCUT2D eigenvalue weighted by Gasteiger charge is -2.11. The summed E-state index contributed by atoms with van der Waals surface area (Å²) < 4.78 is 12.6. The molecule has 0 fully saturated rings. The van der Waals surface area contributed by atoms with Crippen LogP contribution in [0.3, 0.4) is 0 Å². The molecule has 0 bridgehead atoms. The van der Waals surface area contributed by atoms with Gasteiger partial charge in [0.25, 0.3) is 0 Å². The lowest BCUT2D eigenvalue weighted by atomic mass is 10.1. The highest BCUT2D eigenvalue weighted by Crippen LogP contribution is 2.23. The van der Waals surface area contributed by atoms with Crippen LogP contribution >= 0.6 is 11.6 Å². The Morgan fingerprint density at radius 3 is 2.65 bits per heavy atom. The number of hydrogen-bond donors (Lipinski definition) is 1. The van der Waals surface area contributed by atoms with Gasteiger partial charge in [0.2, 0.25) is 5.91 Å². The van der Waals surface area contributed by atoms with Crippen molar-refractivity contribution in [3.05, 3.63) is 80.1 Å². The molecule has 1 heterocycles. The smallest absolute Gasteiger partial charge is 0.312 e. The van der Waals surface area contributed by atoms with Crippen molar-refractivity contribution in [3.63, 3.8) is 0 Å². The molecule has 0 atom stereocenters. The third kappa shape index (κ3) is 6.32. The van der Waals surface area contributed by atoms with Crippen LogP contribution < -0.4 is 14.9 Å². The van der Waals surface area contributed by atoms with Gasteiger partial charge in [0.05, 0.1) is 24.8 Å². The van der Waals surface area contributed by atoms with Gasteiger partial charge in [-0.3, -0.25) is 19.6 Å². The van der Waals surface area contributed by atoms with E-state index >= 15 is 0 Å². The number of nitrogens with zero attached hydrogens (tertiary/aromatic N) is 4. The summed E-state index contributed by atoms with van der Waals surface area (Å²) in [7, 11) is 1.58. The summed E-state index contributed by atoms with van der Waals surface area (Å²) in [4.78, 5) is 22.8. The van der Waals surface area contributed by atoms with Gasteiger partial charge in [-0.15, -0.1) is 0 Å². The van der Waals surface area contributed by atoms with E-state index in [0.717, 1.165) is 11.1 Å². The number of aryl methyl sites for hydroxylation is 2. The minimum atomic E-state index is -0.470. The second-order valence-corrected chi connectivity index (χ2v) is 7.79. The molecule has 0 saturated heterocycles. The Morgan fingerprint density at radius 2 is 2.00 bits per heavy atom. The van der Waals surface area contributed by atoms with E-state index in [9.17, 15) is 14.9 Å². The van der Waals surface area contributed by atoms with Crippen molar-refractivity contribution in [2.75, 3.05) is 7.11 Å². The molecule has 0 aliphatic carbocycles. The third-order valence-corrected chi connectivity index (χ3v) is 5.24. The number of rotatable bonds is 10. The van der Waals surface area contributed by atoms with Crippen molar-refractivity contribution >= 4 is 29.4 Å². The summed E-state index contributed by atoms with van der Waals surface area (Å²) in [6, 6.07) is 12.5. The number of methoxy groups -OCH3 is 1. The van der Waals surface area contributed by atoms with Crippen LogP contribution in [-0.4, -0.2) is 33.9 Å². The van der Waals surface area contributed by atoms with E-state index in [1.54, 1.807) is 57.4 Å². The second-order valence-electron chi connectivity index (χ2n) is 7.36. The third-order valence-electron chi connectivity index (χ3n) is 4.99. The number of carbonyl (C=O) groups is 1. The number of halogens is 1. The lowest BCUT2D eigenvalue weighted by Crippen LogP contribution is -2.20. The van der Waals surface area contributed by atoms with Gasteiger partial charge in [0.1, 0.15) is 29.5 Å². The molecule has 0 aliphatic heterocycles. The number of nitro groups is 1. The van der Waals surface area contributed by atoms with E-state index in [2.05, 4.69) is 15.6 Å². The first-order valence-electron chi connectivity index (χ1n) is 10.3. The Balaban J connectivity index is 1.57. The predicted octanol–water partition coefficient (Wildman–Crippen LogP) is 4.19. The Morgan fingerprint density at radius 1 is 1.26 bits per heavy atom. The number of nitrogens with one attached hydrogen (secondary N) is 1. The fourth-order valence-corrected chi connectivity index (χ4v) is 3.42. The Hall–Kier alpha value is -3.92. The number of hydrogen-bond acceptors (Lipinski definition) is 7. The first kappa shape index (κ1) is 24.7. The van der Waals surface area contributed by atoms with Crippen LogP contribution in [0.5, 0.6) is 11.5 Å². The van der Waals surface area contributed by atoms with E-state index in [1.165, 1.54) is 10.9 Å². The van der Waals surface area contributed by atoms with Crippen LogP contribution in [0.2, 0.25) is 5.02 Å². The zero-order valence-corrected chi connectivity index (χ0v) is 19.7. The highest BCUT2D eigenvalue weighted by Gasteiger charge is 2.21. The number of hydrazone groups is 1. The Labute approximate surface area is 201 Å². The predicted molar refractivity (Wildman–Crippen MR) is 127 cm³/mol. The maximum atomic E-state index is 12.1. The van der Waals surface area contributed by atoms with Crippen LogP contribution in [0.25, 0.3) is 0 Å². The molecule has 178 valence electrons. The normalized spacial score (nSPS) is 10.9. The van der Waals surface area contributed by atoms with Gasteiger partial charge in [-0.05, 0) is 61.9 Å². The van der Waals surface area contributed by atoms with Crippen LogP contribution in [0.4, 0.5) is 5.69 Å². The zero-order chi connectivity index (χ0) is 24.7. The molecule has 3 rings (SSSR count). The Bertz CT molecular complexity index is 1210. The molecule has 0 spiro atoms. The molecule has 1 amide bonds. The van der Waals surface area contributed by atoms with Crippen molar-refractivity contribution < 1.29 is 19.2 Å². The summed E-state index contributed by atoms with van der Waals surface area (Å²) in [5.74, 6) is 0.992. The van der Waals surface area contributed by atoms with Gasteiger partial charge in [-0.25, -0.2) is 5.43 Å². The fraction of sp³-hybridized carbons (Fsp3) is 0.261. The number of ether oxygens (including phenoxy) is 2. The quantitative estimate of drug-likeness (QED) is 0.261. The van der Waals surface area contributed by atoms with Gasteiger partial charge in [-0.1, -0.05) is 11.6 Å². The number of aromatic nitrogens is 2. The summed E-state index contributed by atoms with van der Waals surface area (Å²) in [6.45, 7) is 3.64. The molecular formula is C23H24ClN5O5. The van der Waals surface area contributed by atoms with Gasteiger partial charge >= 0.3 is 5.69 Å². The minimum Gasteiger partial charge on any atom is -0.496 e. The molecule has 0 radical (unpaired) electrons. The maximum absolute atomic E-state index is 12.1. The number of carbonyl (C=O) groups excluding carboxylic acids is 1. The van der Waals surface area contributed by atoms with Crippen LogP contribution in [-0.2, 0) is 17.9 Å². The molecule has 1 aromatic heterocycles. The van der Waals surface area contributed by atoms with Crippen molar-refractivity contribution in [2.24, 2.45) is 5.10 Å². The van der Waals surface area contributed by atoms with Crippen molar-refractivity contribution in [1.29, 1.82) is 0 Å². The maximum Gasteiger partial charge on any atom is 0.312 e. The van der Waals surface area contributed by atoms with Gasteiger partial charge in [-0.2, -0.15) is 10.2 Å². The van der Waals surface area contributed by atoms with E-state index in [0.29, 0.717) is 27.9 Å². The molecule has 10 nitrogen and oxygen atoms in total. The first-order valence-corrected chi connectivity index (χ1v) is 10.7. The van der Waals surface area contributed by atoms with Crippen LogP contribution in [0.1, 0.15) is 28.9 Å². The molecule has 1 N–H and O–H groups in total. The second kappa shape index (κ2) is 11.3. The molecule has 2 aromatic carbocycles. The number of amides is 1. The van der Waals surface area contributed by atoms with Crippen LogP contribution in [0, 0.1) is 24.0 Å². The number of benzene rings is 2. The van der Waals surface area contributed by atoms with Gasteiger partial charge in [0, 0.05) is 17.0 Å². The van der Waals surface area contributed by atoms with E-state index < -0.39 is 4.92 Å².